The van der Waals surface area contributed by atoms with E-state index in [2.05, 4.69) is 4.98 Å². The molecule has 0 aliphatic heterocycles. The standard InChI is InChI=1S/C14H16BFN2O2/c1-18(9-11-3-2-4-17-8-11)10-12-5-13(15(19)20)7-14(16)6-12/h2-8,19-20H,9-10H2,1H3. The second-order valence-corrected chi connectivity index (χ2v) is 4.80. The van der Waals surface area contributed by atoms with Crippen molar-refractivity contribution in [3.8, 4) is 0 Å². The molecule has 1 heterocycles. The molecule has 0 unspecified atom stereocenters. The van der Waals surface area contributed by atoms with Gasteiger partial charge in [0, 0.05) is 25.5 Å². The molecule has 0 saturated heterocycles. The van der Waals surface area contributed by atoms with E-state index in [1.807, 2.05) is 24.1 Å². The summed E-state index contributed by atoms with van der Waals surface area (Å²) in [4.78, 5) is 6.04. The van der Waals surface area contributed by atoms with Gasteiger partial charge < -0.3 is 10.0 Å². The third-order valence-corrected chi connectivity index (χ3v) is 2.91. The molecule has 0 aliphatic rings. The van der Waals surface area contributed by atoms with Gasteiger partial charge in [-0.05, 0) is 41.8 Å². The van der Waals surface area contributed by atoms with Gasteiger partial charge in [-0.3, -0.25) is 9.88 Å². The van der Waals surface area contributed by atoms with Crippen molar-refractivity contribution in [2.24, 2.45) is 0 Å². The summed E-state index contributed by atoms with van der Waals surface area (Å²) < 4.78 is 13.4. The molecule has 0 atom stereocenters. The van der Waals surface area contributed by atoms with Crippen molar-refractivity contribution < 1.29 is 14.4 Å². The molecule has 0 fully saturated rings. The molecule has 1 aromatic carbocycles. The molecule has 2 rings (SSSR count). The first-order valence-electron chi connectivity index (χ1n) is 6.27. The number of nitrogens with zero attached hydrogens (tertiary/aromatic N) is 2. The van der Waals surface area contributed by atoms with Crippen molar-refractivity contribution >= 4 is 12.6 Å². The quantitative estimate of drug-likeness (QED) is 0.781. The van der Waals surface area contributed by atoms with E-state index in [1.165, 1.54) is 6.07 Å². The van der Waals surface area contributed by atoms with Gasteiger partial charge in [0.15, 0.2) is 0 Å². The molecule has 0 aliphatic carbocycles. The normalized spacial score (nSPS) is 10.8. The first-order chi connectivity index (χ1) is 9.54. The summed E-state index contributed by atoms with van der Waals surface area (Å²) in [5.74, 6) is -0.472. The number of hydrogen-bond acceptors (Lipinski definition) is 4. The lowest BCUT2D eigenvalue weighted by Gasteiger charge is -2.17. The molecule has 0 amide bonds. The Balaban J connectivity index is 2.06. The molecule has 2 N–H and O–H groups in total. The summed E-state index contributed by atoms with van der Waals surface area (Å²) in [6.45, 7) is 1.19. The predicted octanol–water partition coefficient (Wildman–Crippen LogP) is 0.532. The van der Waals surface area contributed by atoms with Crippen molar-refractivity contribution in [3.63, 3.8) is 0 Å². The van der Waals surface area contributed by atoms with Crippen LogP contribution in [0.1, 0.15) is 11.1 Å². The number of aromatic nitrogens is 1. The van der Waals surface area contributed by atoms with Gasteiger partial charge >= 0.3 is 7.12 Å². The minimum atomic E-state index is -1.66. The summed E-state index contributed by atoms with van der Waals surface area (Å²) in [5, 5.41) is 18.2. The van der Waals surface area contributed by atoms with Gasteiger partial charge in [0.05, 0.1) is 0 Å². The van der Waals surface area contributed by atoms with Crippen LogP contribution in [0.5, 0.6) is 0 Å². The maximum absolute atomic E-state index is 13.4. The van der Waals surface area contributed by atoms with Crippen LogP contribution in [0.4, 0.5) is 4.39 Å². The van der Waals surface area contributed by atoms with Crippen LogP contribution in [0, 0.1) is 5.82 Å². The van der Waals surface area contributed by atoms with Gasteiger partial charge in [-0.15, -0.1) is 0 Å². The third kappa shape index (κ3) is 4.13. The largest absolute Gasteiger partial charge is 0.488 e. The van der Waals surface area contributed by atoms with Crippen molar-refractivity contribution in [2.45, 2.75) is 13.1 Å². The molecule has 0 radical (unpaired) electrons. The van der Waals surface area contributed by atoms with E-state index in [0.717, 1.165) is 11.6 Å². The molecule has 104 valence electrons. The van der Waals surface area contributed by atoms with Crippen LogP contribution in [-0.4, -0.2) is 34.1 Å². The fourth-order valence-corrected chi connectivity index (χ4v) is 2.09. The van der Waals surface area contributed by atoms with Crippen molar-refractivity contribution in [3.05, 3.63) is 59.7 Å². The first kappa shape index (κ1) is 14.6. The maximum Gasteiger partial charge on any atom is 0.488 e. The molecule has 2 aromatic rings. The van der Waals surface area contributed by atoms with E-state index in [4.69, 9.17) is 10.0 Å². The molecule has 0 spiro atoms. The smallest absolute Gasteiger partial charge is 0.423 e. The summed E-state index contributed by atoms with van der Waals surface area (Å²) in [7, 11) is 0.250. The Kier molecular flexibility index (Phi) is 4.84. The zero-order valence-corrected chi connectivity index (χ0v) is 11.2. The monoisotopic (exact) mass is 274 g/mol. The molecule has 0 saturated carbocycles. The van der Waals surface area contributed by atoms with Crippen molar-refractivity contribution in [1.29, 1.82) is 0 Å². The van der Waals surface area contributed by atoms with Gasteiger partial charge in [-0.1, -0.05) is 12.1 Å². The molecule has 1 aromatic heterocycles. The predicted molar refractivity (Wildman–Crippen MR) is 75.6 cm³/mol. The second-order valence-electron chi connectivity index (χ2n) is 4.80. The Hall–Kier alpha value is -1.76. The van der Waals surface area contributed by atoms with Gasteiger partial charge in [-0.2, -0.15) is 0 Å². The number of halogens is 1. The number of pyridine rings is 1. The summed E-state index contributed by atoms with van der Waals surface area (Å²) in [6, 6.07) is 7.94. The number of rotatable bonds is 5. The Morgan fingerprint density at radius 1 is 1.20 bits per heavy atom. The van der Waals surface area contributed by atoms with Crippen LogP contribution < -0.4 is 5.46 Å². The van der Waals surface area contributed by atoms with Crippen LogP contribution in [-0.2, 0) is 13.1 Å². The van der Waals surface area contributed by atoms with Crippen LogP contribution in [0.25, 0.3) is 0 Å². The average molecular weight is 274 g/mol. The zero-order valence-electron chi connectivity index (χ0n) is 11.2. The molecule has 6 heteroatoms. The fourth-order valence-electron chi connectivity index (χ4n) is 2.09. The summed E-state index contributed by atoms with van der Waals surface area (Å²) in [6.07, 6.45) is 3.50. The molecule has 0 bridgehead atoms. The van der Waals surface area contributed by atoms with E-state index in [1.54, 1.807) is 18.5 Å². The molecular formula is C14H16BFN2O2. The minimum absolute atomic E-state index is 0.162. The number of hydrogen-bond donors (Lipinski definition) is 2. The first-order valence-corrected chi connectivity index (χ1v) is 6.27. The van der Waals surface area contributed by atoms with Crippen molar-refractivity contribution in [2.75, 3.05) is 7.05 Å². The van der Waals surface area contributed by atoms with E-state index in [-0.39, 0.29) is 5.46 Å². The lowest BCUT2D eigenvalue weighted by Crippen LogP contribution is -2.31. The van der Waals surface area contributed by atoms with Crippen molar-refractivity contribution in [1.82, 2.24) is 9.88 Å². The van der Waals surface area contributed by atoms with Crippen LogP contribution in [0.15, 0.2) is 42.7 Å². The van der Waals surface area contributed by atoms with E-state index in [9.17, 15) is 4.39 Å². The fraction of sp³-hybridized carbons (Fsp3) is 0.214. The average Bonchev–Trinajstić information content (AvgIpc) is 2.38. The van der Waals surface area contributed by atoms with E-state index in [0.29, 0.717) is 18.7 Å². The minimum Gasteiger partial charge on any atom is -0.423 e. The van der Waals surface area contributed by atoms with Gasteiger partial charge in [0.2, 0.25) is 0 Å². The SMILES string of the molecule is CN(Cc1cccnc1)Cc1cc(F)cc(B(O)O)c1. The lowest BCUT2D eigenvalue weighted by molar-refractivity contribution is 0.318. The van der Waals surface area contributed by atoms with Crippen LogP contribution in [0.3, 0.4) is 0 Å². The topological polar surface area (TPSA) is 56.6 Å². The highest BCUT2D eigenvalue weighted by molar-refractivity contribution is 6.58. The van der Waals surface area contributed by atoms with Crippen LogP contribution in [0.2, 0.25) is 0 Å². The highest BCUT2D eigenvalue weighted by Gasteiger charge is 2.13. The zero-order chi connectivity index (χ0) is 14.5. The molecule has 20 heavy (non-hydrogen) atoms. The molecule has 4 nitrogen and oxygen atoms in total. The highest BCUT2D eigenvalue weighted by atomic mass is 19.1. The van der Waals surface area contributed by atoms with Crippen LogP contribution >= 0.6 is 0 Å². The summed E-state index contributed by atoms with van der Waals surface area (Å²) in [5.41, 5.74) is 1.92. The third-order valence-electron chi connectivity index (χ3n) is 2.91. The number of benzene rings is 1. The van der Waals surface area contributed by atoms with Gasteiger partial charge in [-0.25, -0.2) is 4.39 Å². The molecular weight excluding hydrogens is 258 g/mol. The van der Waals surface area contributed by atoms with E-state index >= 15 is 0 Å². The van der Waals surface area contributed by atoms with Gasteiger partial charge in [0.1, 0.15) is 5.82 Å². The second kappa shape index (κ2) is 6.61. The maximum atomic E-state index is 13.4. The Morgan fingerprint density at radius 3 is 2.60 bits per heavy atom. The van der Waals surface area contributed by atoms with E-state index < -0.39 is 12.9 Å². The Bertz CT molecular complexity index is 566. The lowest BCUT2D eigenvalue weighted by atomic mass is 9.79. The Labute approximate surface area is 117 Å². The highest BCUT2D eigenvalue weighted by Crippen LogP contribution is 2.08. The van der Waals surface area contributed by atoms with Gasteiger partial charge in [0.25, 0.3) is 0 Å². The Morgan fingerprint density at radius 2 is 1.95 bits per heavy atom. The summed E-state index contributed by atoms with van der Waals surface area (Å²) >= 11 is 0.